The predicted octanol–water partition coefficient (Wildman–Crippen LogP) is 13.5. The van der Waals surface area contributed by atoms with Crippen LogP contribution >= 0.6 is 0 Å². The molecule has 0 unspecified atom stereocenters. The third kappa shape index (κ3) is 4.27. The van der Waals surface area contributed by atoms with Gasteiger partial charge in [-0.25, -0.2) is 0 Å². The minimum absolute atomic E-state index is 1.17. The molecule has 0 radical (unpaired) electrons. The van der Waals surface area contributed by atoms with Gasteiger partial charge in [0.1, 0.15) is 0 Å². The van der Waals surface area contributed by atoms with E-state index in [0.29, 0.717) is 0 Å². The Morgan fingerprint density at radius 1 is 0.340 bits per heavy atom. The summed E-state index contributed by atoms with van der Waals surface area (Å²) in [6.07, 6.45) is 0. The molecule has 0 spiro atoms. The SMILES string of the molecule is Cc1cccccc(-c2ccc3c(c2)c2ccccc2n3-c2ccccc2)c2ccccc2c1-c1ccc2c3c(cccc13)-c1ccccc1-2. The summed E-state index contributed by atoms with van der Waals surface area (Å²) in [6, 6.07) is 66.7. The summed E-state index contributed by atoms with van der Waals surface area (Å²) in [5, 5.41) is 7.60. The second-order valence-corrected chi connectivity index (χ2v) is 13.3. The van der Waals surface area contributed by atoms with Gasteiger partial charge in [-0.2, -0.15) is 0 Å². The summed E-state index contributed by atoms with van der Waals surface area (Å²) in [6.45, 7) is 2.25. The number of hydrogen-bond acceptors (Lipinski definition) is 0. The van der Waals surface area contributed by atoms with E-state index in [1.165, 1.54) is 99.1 Å². The molecule has 1 heterocycles. The Balaban J connectivity index is 1.27. The quantitative estimate of drug-likeness (QED) is 0.182. The highest BCUT2D eigenvalue weighted by Crippen LogP contribution is 2.50. The number of aromatic nitrogens is 1. The molecule has 0 fully saturated rings. The molecule has 0 amide bonds. The standard InChI is InChI=1S/C49H33N/c1-32-15-4-2-7-18-35(33-27-30-47-45(31-33)39-22-12-13-26-46(39)50(47)34-16-5-3-6-17-34)36-19-10-11-23-40(36)48(32)44-29-28-43-38-21-9-8-20-37(38)41-24-14-25-42(44)49(41)43/h2-31H,1H3. The van der Waals surface area contributed by atoms with E-state index < -0.39 is 0 Å². The van der Waals surface area contributed by atoms with Gasteiger partial charge >= 0.3 is 0 Å². The van der Waals surface area contributed by atoms with E-state index in [1.54, 1.807) is 0 Å². The minimum Gasteiger partial charge on any atom is -0.309 e. The van der Waals surface area contributed by atoms with E-state index in [2.05, 4.69) is 193 Å². The molecule has 1 aromatic heterocycles. The summed E-state index contributed by atoms with van der Waals surface area (Å²) in [7, 11) is 0. The van der Waals surface area contributed by atoms with Gasteiger partial charge in [0, 0.05) is 16.5 Å². The van der Waals surface area contributed by atoms with Crippen LogP contribution in [-0.4, -0.2) is 4.57 Å². The molecule has 1 aliphatic carbocycles. The summed E-state index contributed by atoms with van der Waals surface area (Å²) in [5.74, 6) is 0. The molecule has 8 aromatic carbocycles. The van der Waals surface area contributed by atoms with E-state index in [0.717, 1.165) is 0 Å². The summed E-state index contributed by atoms with van der Waals surface area (Å²) in [4.78, 5) is 0. The van der Waals surface area contributed by atoms with Gasteiger partial charge in [0.2, 0.25) is 0 Å². The Morgan fingerprint density at radius 2 is 0.900 bits per heavy atom. The van der Waals surface area contributed by atoms with Crippen LogP contribution in [-0.2, 0) is 0 Å². The lowest BCUT2D eigenvalue weighted by Crippen LogP contribution is -1.92. The molecule has 10 rings (SSSR count). The van der Waals surface area contributed by atoms with E-state index >= 15 is 0 Å². The molecule has 0 aliphatic heterocycles. The molecular formula is C49H33N. The Morgan fingerprint density at radius 3 is 1.72 bits per heavy atom. The van der Waals surface area contributed by atoms with Crippen molar-refractivity contribution < 1.29 is 0 Å². The first-order chi connectivity index (χ1) is 24.8. The first kappa shape index (κ1) is 28.6. The molecule has 50 heavy (non-hydrogen) atoms. The molecule has 9 aromatic rings. The maximum atomic E-state index is 2.39. The fourth-order valence-corrected chi connectivity index (χ4v) is 8.37. The second-order valence-electron chi connectivity index (χ2n) is 13.3. The zero-order valence-electron chi connectivity index (χ0n) is 27.8. The number of hydrogen-bond donors (Lipinski definition) is 0. The van der Waals surface area contributed by atoms with Gasteiger partial charge in [-0.3, -0.25) is 0 Å². The number of para-hydroxylation sites is 2. The van der Waals surface area contributed by atoms with Crippen molar-refractivity contribution in [3.8, 4) is 50.2 Å². The molecule has 0 atom stereocenters. The topological polar surface area (TPSA) is 4.93 Å². The average Bonchev–Trinajstić information content (AvgIpc) is 3.68. The van der Waals surface area contributed by atoms with E-state index in [9.17, 15) is 0 Å². The Kier molecular flexibility index (Phi) is 6.47. The van der Waals surface area contributed by atoms with Crippen LogP contribution in [0.3, 0.4) is 0 Å². The van der Waals surface area contributed by atoms with Crippen LogP contribution in [0, 0.1) is 6.92 Å². The normalized spacial score (nSPS) is 11.7. The molecule has 0 saturated carbocycles. The van der Waals surface area contributed by atoms with Crippen molar-refractivity contribution >= 4 is 43.4 Å². The monoisotopic (exact) mass is 635 g/mol. The zero-order chi connectivity index (χ0) is 33.2. The lowest BCUT2D eigenvalue weighted by Gasteiger charge is -2.15. The number of rotatable bonds is 3. The van der Waals surface area contributed by atoms with Crippen molar-refractivity contribution in [1.29, 1.82) is 0 Å². The Hall–Kier alpha value is -6.44. The number of nitrogens with zero attached hydrogens (tertiary/aromatic N) is 1. The maximum Gasteiger partial charge on any atom is 0.0541 e. The fraction of sp³-hybridized carbons (Fsp3) is 0.0204. The smallest absolute Gasteiger partial charge is 0.0541 e. The van der Waals surface area contributed by atoms with E-state index in [-0.39, 0.29) is 0 Å². The van der Waals surface area contributed by atoms with Crippen molar-refractivity contribution in [2.45, 2.75) is 6.92 Å². The summed E-state index contributed by atoms with van der Waals surface area (Å²) >= 11 is 0. The van der Waals surface area contributed by atoms with Gasteiger partial charge in [0.25, 0.3) is 0 Å². The highest BCUT2D eigenvalue weighted by atomic mass is 15.0. The van der Waals surface area contributed by atoms with Crippen molar-refractivity contribution in [2.24, 2.45) is 0 Å². The fourth-order valence-electron chi connectivity index (χ4n) is 8.37. The van der Waals surface area contributed by atoms with Crippen LogP contribution in [0.25, 0.3) is 93.5 Å². The third-order valence-corrected chi connectivity index (χ3v) is 10.5. The number of benzene rings is 7. The number of fused-ring (bicyclic) bond motifs is 7. The van der Waals surface area contributed by atoms with Gasteiger partial charge in [-0.1, -0.05) is 152 Å². The van der Waals surface area contributed by atoms with Crippen LogP contribution in [0.2, 0.25) is 0 Å². The molecule has 1 heteroatoms. The van der Waals surface area contributed by atoms with Crippen LogP contribution in [0.15, 0.2) is 182 Å². The van der Waals surface area contributed by atoms with Crippen molar-refractivity contribution in [1.82, 2.24) is 4.57 Å². The first-order valence-corrected chi connectivity index (χ1v) is 17.4. The van der Waals surface area contributed by atoms with Crippen molar-refractivity contribution in [3.63, 3.8) is 0 Å². The Labute approximate surface area is 291 Å². The highest BCUT2D eigenvalue weighted by Gasteiger charge is 2.23. The van der Waals surface area contributed by atoms with Crippen LogP contribution in [0.5, 0.6) is 0 Å². The van der Waals surface area contributed by atoms with Gasteiger partial charge < -0.3 is 4.57 Å². The molecule has 1 aliphatic rings. The zero-order valence-corrected chi connectivity index (χ0v) is 27.8. The predicted molar refractivity (Wildman–Crippen MR) is 213 cm³/mol. The Bertz CT molecular complexity index is 2840. The second kappa shape index (κ2) is 11.3. The van der Waals surface area contributed by atoms with Gasteiger partial charge in [0.15, 0.2) is 0 Å². The molecule has 0 N–H and O–H groups in total. The van der Waals surface area contributed by atoms with Crippen molar-refractivity contribution in [2.75, 3.05) is 0 Å². The highest BCUT2D eigenvalue weighted by molar-refractivity contribution is 6.20. The van der Waals surface area contributed by atoms with Crippen LogP contribution in [0.1, 0.15) is 5.56 Å². The van der Waals surface area contributed by atoms with Crippen molar-refractivity contribution in [3.05, 3.63) is 188 Å². The van der Waals surface area contributed by atoms with Crippen LogP contribution in [0.4, 0.5) is 0 Å². The lowest BCUT2D eigenvalue weighted by molar-refractivity contribution is 1.18. The lowest BCUT2D eigenvalue weighted by atomic mass is 9.89. The largest absolute Gasteiger partial charge is 0.309 e. The van der Waals surface area contributed by atoms with Gasteiger partial charge in [-0.15, -0.1) is 0 Å². The molecular weight excluding hydrogens is 603 g/mol. The summed E-state index contributed by atoms with van der Waals surface area (Å²) in [5.41, 5.74) is 15.0. The first-order valence-electron chi connectivity index (χ1n) is 17.4. The van der Waals surface area contributed by atoms with Gasteiger partial charge in [-0.05, 0) is 109 Å². The molecule has 0 saturated heterocycles. The summed E-state index contributed by atoms with van der Waals surface area (Å²) < 4.78 is 2.38. The van der Waals surface area contributed by atoms with Gasteiger partial charge in [0.05, 0.1) is 11.0 Å². The van der Waals surface area contributed by atoms with E-state index in [4.69, 9.17) is 0 Å². The molecule has 1 nitrogen and oxygen atoms in total. The average molecular weight is 636 g/mol. The van der Waals surface area contributed by atoms with Crippen LogP contribution < -0.4 is 0 Å². The minimum atomic E-state index is 1.17. The maximum absolute atomic E-state index is 2.39. The van der Waals surface area contributed by atoms with E-state index in [1.807, 2.05) is 0 Å². The molecule has 234 valence electrons. The third-order valence-electron chi connectivity index (χ3n) is 10.5. The molecule has 0 bridgehead atoms. The number of aryl methyl sites for hydroxylation is 1.